The van der Waals surface area contributed by atoms with Gasteiger partial charge in [-0.25, -0.2) is 0 Å². The van der Waals surface area contributed by atoms with E-state index >= 15 is 0 Å². The molecule has 1 heterocycles. The molecule has 0 bridgehead atoms. The zero-order valence-corrected chi connectivity index (χ0v) is 11.3. The van der Waals surface area contributed by atoms with E-state index in [1.54, 1.807) is 17.1 Å². The summed E-state index contributed by atoms with van der Waals surface area (Å²) in [5.41, 5.74) is 0. The third kappa shape index (κ3) is 6.36. The third-order valence-electron chi connectivity index (χ3n) is 2.28. The highest BCUT2D eigenvalue weighted by Gasteiger charge is 2.30. The van der Waals surface area contributed by atoms with Crippen molar-refractivity contribution < 1.29 is 18.3 Å². The highest BCUT2D eigenvalue weighted by atomic mass is 79.9. The molecule has 0 unspecified atom stereocenters. The first-order valence-corrected chi connectivity index (χ1v) is 6.28. The summed E-state index contributed by atoms with van der Waals surface area (Å²) in [6.07, 6.45) is -0.599. The molecule has 0 aromatic carbocycles. The largest absolute Gasteiger partial charge is 0.401 e. The van der Waals surface area contributed by atoms with E-state index in [4.69, 9.17) is 5.11 Å². The summed E-state index contributed by atoms with van der Waals surface area (Å²) in [6.45, 7) is -0.226. The molecule has 0 amide bonds. The van der Waals surface area contributed by atoms with Crippen LogP contribution in [0.15, 0.2) is 16.9 Å². The highest BCUT2D eigenvalue weighted by molar-refractivity contribution is 9.10. The molecule has 1 N–H and O–H groups in total. The van der Waals surface area contributed by atoms with Crippen LogP contribution in [0, 0.1) is 0 Å². The van der Waals surface area contributed by atoms with E-state index in [-0.39, 0.29) is 19.7 Å². The summed E-state index contributed by atoms with van der Waals surface area (Å²) in [6, 6.07) is 0. The van der Waals surface area contributed by atoms with Gasteiger partial charge in [-0.1, -0.05) is 0 Å². The molecular formula is C10H15BrF3N3O. The lowest BCUT2D eigenvalue weighted by molar-refractivity contribution is -0.146. The van der Waals surface area contributed by atoms with Crippen LogP contribution in [0.4, 0.5) is 13.2 Å². The summed E-state index contributed by atoms with van der Waals surface area (Å²) in [7, 11) is 0. The quantitative estimate of drug-likeness (QED) is 0.830. The van der Waals surface area contributed by atoms with Gasteiger partial charge in [0.05, 0.1) is 23.8 Å². The second-order valence-corrected chi connectivity index (χ2v) is 4.81. The molecule has 1 aromatic heterocycles. The Morgan fingerprint density at radius 3 is 2.61 bits per heavy atom. The van der Waals surface area contributed by atoms with Crippen molar-refractivity contribution in [1.29, 1.82) is 0 Å². The van der Waals surface area contributed by atoms with E-state index in [0.717, 1.165) is 4.47 Å². The van der Waals surface area contributed by atoms with E-state index in [9.17, 15) is 13.2 Å². The van der Waals surface area contributed by atoms with Gasteiger partial charge < -0.3 is 5.11 Å². The van der Waals surface area contributed by atoms with Crippen LogP contribution in [0.1, 0.15) is 6.42 Å². The first-order chi connectivity index (χ1) is 8.40. The van der Waals surface area contributed by atoms with Gasteiger partial charge in [-0.05, 0) is 22.4 Å². The first kappa shape index (κ1) is 15.5. The van der Waals surface area contributed by atoms with E-state index < -0.39 is 12.7 Å². The van der Waals surface area contributed by atoms with Crippen molar-refractivity contribution in [3.63, 3.8) is 0 Å². The van der Waals surface area contributed by atoms with Crippen LogP contribution in [0.5, 0.6) is 0 Å². The number of halogens is 4. The van der Waals surface area contributed by atoms with Gasteiger partial charge in [0.1, 0.15) is 0 Å². The topological polar surface area (TPSA) is 41.3 Å². The molecule has 0 aliphatic heterocycles. The molecule has 0 aliphatic carbocycles. The standard InChI is InChI=1S/C10H15BrF3N3O/c11-9-6-15-17(7-9)4-3-16(2-1-5-18)8-10(12,13)14/h6-7,18H,1-5,8H2. The van der Waals surface area contributed by atoms with Gasteiger partial charge in [-0.15, -0.1) is 0 Å². The number of aliphatic hydroxyl groups is 1. The average molecular weight is 330 g/mol. The van der Waals surface area contributed by atoms with Crippen molar-refractivity contribution in [1.82, 2.24) is 14.7 Å². The Balaban J connectivity index is 2.44. The normalized spacial score (nSPS) is 12.3. The van der Waals surface area contributed by atoms with E-state index in [0.29, 0.717) is 13.0 Å². The number of nitrogens with zero attached hydrogens (tertiary/aromatic N) is 3. The minimum atomic E-state index is -4.22. The summed E-state index contributed by atoms with van der Waals surface area (Å²) in [5, 5.41) is 12.6. The highest BCUT2D eigenvalue weighted by Crippen LogP contribution is 2.16. The lowest BCUT2D eigenvalue weighted by Gasteiger charge is -2.23. The molecule has 104 valence electrons. The van der Waals surface area contributed by atoms with Crippen molar-refractivity contribution in [2.75, 3.05) is 26.2 Å². The SMILES string of the molecule is OCCCN(CCn1cc(Br)cn1)CC(F)(F)F. The van der Waals surface area contributed by atoms with Crippen LogP contribution in [-0.2, 0) is 6.54 Å². The van der Waals surface area contributed by atoms with Crippen molar-refractivity contribution in [3.8, 4) is 0 Å². The molecule has 0 fully saturated rings. The Kier molecular flexibility index (Phi) is 6.10. The monoisotopic (exact) mass is 329 g/mol. The number of hydrogen-bond acceptors (Lipinski definition) is 3. The second-order valence-electron chi connectivity index (χ2n) is 3.89. The zero-order valence-electron chi connectivity index (χ0n) is 9.70. The summed E-state index contributed by atoms with van der Waals surface area (Å²) in [5.74, 6) is 0. The van der Waals surface area contributed by atoms with Crippen molar-refractivity contribution in [3.05, 3.63) is 16.9 Å². The Morgan fingerprint density at radius 1 is 1.39 bits per heavy atom. The van der Waals surface area contributed by atoms with Gasteiger partial charge in [0, 0.05) is 25.9 Å². The van der Waals surface area contributed by atoms with E-state index in [1.165, 1.54) is 4.90 Å². The van der Waals surface area contributed by atoms with Gasteiger partial charge >= 0.3 is 6.18 Å². The predicted octanol–water partition coefficient (Wildman–Crippen LogP) is 1.89. The lowest BCUT2D eigenvalue weighted by atomic mass is 10.3. The van der Waals surface area contributed by atoms with Gasteiger partial charge in [-0.2, -0.15) is 18.3 Å². The Labute approximate surface area is 112 Å². The van der Waals surface area contributed by atoms with Gasteiger partial charge in [0.15, 0.2) is 0 Å². The maximum atomic E-state index is 12.3. The molecule has 0 radical (unpaired) electrons. The Hall–Kier alpha value is -0.600. The molecule has 0 spiro atoms. The number of rotatable bonds is 7. The fourth-order valence-corrected chi connectivity index (χ4v) is 1.85. The molecule has 0 saturated heterocycles. The van der Waals surface area contributed by atoms with Crippen LogP contribution in [0.25, 0.3) is 0 Å². The number of hydrogen-bond donors (Lipinski definition) is 1. The van der Waals surface area contributed by atoms with Gasteiger partial charge in [0.25, 0.3) is 0 Å². The fourth-order valence-electron chi connectivity index (χ4n) is 1.52. The molecule has 0 atom stereocenters. The number of aliphatic hydroxyl groups excluding tert-OH is 1. The average Bonchev–Trinajstić information content (AvgIpc) is 2.66. The van der Waals surface area contributed by atoms with Gasteiger partial charge in [-0.3, -0.25) is 9.58 Å². The maximum Gasteiger partial charge on any atom is 0.401 e. The molecule has 0 aliphatic rings. The van der Waals surface area contributed by atoms with Gasteiger partial charge in [0.2, 0.25) is 0 Å². The van der Waals surface area contributed by atoms with Crippen LogP contribution in [0.3, 0.4) is 0 Å². The summed E-state index contributed by atoms with van der Waals surface area (Å²) >= 11 is 3.22. The van der Waals surface area contributed by atoms with Crippen LogP contribution >= 0.6 is 15.9 Å². The number of alkyl halides is 3. The Bertz CT molecular complexity index is 356. The first-order valence-electron chi connectivity index (χ1n) is 5.48. The smallest absolute Gasteiger partial charge is 0.396 e. The minimum Gasteiger partial charge on any atom is -0.396 e. The van der Waals surface area contributed by atoms with Crippen LogP contribution in [-0.4, -0.2) is 52.2 Å². The summed E-state index contributed by atoms with van der Waals surface area (Å²) in [4.78, 5) is 1.27. The summed E-state index contributed by atoms with van der Waals surface area (Å²) < 4.78 is 39.4. The molecule has 1 rings (SSSR count). The van der Waals surface area contributed by atoms with Crippen LogP contribution < -0.4 is 0 Å². The molecule has 18 heavy (non-hydrogen) atoms. The van der Waals surface area contributed by atoms with Crippen molar-refractivity contribution in [2.24, 2.45) is 0 Å². The number of aromatic nitrogens is 2. The predicted molar refractivity (Wildman–Crippen MR) is 64.1 cm³/mol. The third-order valence-corrected chi connectivity index (χ3v) is 2.69. The van der Waals surface area contributed by atoms with E-state index in [2.05, 4.69) is 21.0 Å². The van der Waals surface area contributed by atoms with E-state index in [1.807, 2.05) is 0 Å². The van der Waals surface area contributed by atoms with Crippen LogP contribution in [0.2, 0.25) is 0 Å². The lowest BCUT2D eigenvalue weighted by Crippen LogP contribution is -2.37. The van der Waals surface area contributed by atoms with Crippen molar-refractivity contribution in [2.45, 2.75) is 19.1 Å². The molecule has 0 saturated carbocycles. The van der Waals surface area contributed by atoms with Crippen molar-refractivity contribution >= 4 is 15.9 Å². The Morgan fingerprint density at radius 2 is 2.11 bits per heavy atom. The molecule has 8 heteroatoms. The second kappa shape index (κ2) is 7.10. The fraction of sp³-hybridized carbons (Fsp3) is 0.700. The molecule has 4 nitrogen and oxygen atoms in total. The maximum absolute atomic E-state index is 12.3. The zero-order chi connectivity index (χ0) is 13.6. The minimum absolute atomic E-state index is 0.109. The molecular weight excluding hydrogens is 315 g/mol. The molecule has 1 aromatic rings.